The van der Waals surface area contributed by atoms with E-state index >= 15 is 0 Å². The number of nitrogens with zero attached hydrogens (tertiary/aromatic N) is 2. The summed E-state index contributed by atoms with van der Waals surface area (Å²) in [5.74, 6) is -0.414. The summed E-state index contributed by atoms with van der Waals surface area (Å²) in [7, 11) is 0. The van der Waals surface area contributed by atoms with Crippen LogP contribution in [0.3, 0.4) is 0 Å². The van der Waals surface area contributed by atoms with Crippen molar-refractivity contribution >= 4 is 51.7 Å². The van der Waals surface area contributed by atoms with Crippen molar-refractivity contribution in [3.8, 4) is 10.4 Å². The lowest BCUT2D eigenvalue weighted by Gasteiger charge is -2.14. The van der Waals surface area contributed by atoms with Crippen LogP contribution in [0.1, 0.15) is 11.1 Å². The van der Waals surface area contributed by atoms with Crippen LogP contribution in [0.25, 0.3) is 27.0 Å². The smallest absolute Gasteiger partial charge is 0.261 e. The van der Waals surface area contributed by atoms with Crippen molar-refractivity contribution in [3.05, 3.63) is 103 Å². The Kier molecular flexibility index (Phi) is 5.01. The van der Waals surface area contributed by atoms with Gasteiger partial charge in [0.25, 0.3) is 5.56 Å². The lowest BCUT2D eigenvalue weighted by molar-refractivity contribution is 0.626. The van der Waals surface area contributed by atoms with E-state index in [9.17, 15) is 9.18 Å². The van der Waals surface area contributed by atoms with Gasteiger partial charge in [-0.1, -0.05) is 59.6 Å². The zero-order valence-corrected chi connectivity index (χ0v) is 18.8. The Morgan fingerprint density at radius 3 is 2.55 bits per heavy atom. The average Bonchev–Trinajstić information content (AvgIpc) is 3.10. The maximum absolute atomic E-state index is 13.6. The highest BCUT2D eigenvalue weighted by Gasteiger charge is 2.19. The number of aromatic nitrogens is 2. The number of fused-ring (bicyclic) bond motifs is 3. The first-order valence-corrected chi connectivity index (χ1v) is 11.2. The van der Waals surface area contributed by atoms with Crippen LogP contribution in [0.2, 0.25) is 5.02 Å². The molecule has 0 N–H and O–H groups in total. The van der Waals surface area contributed by atoms with Crippen molar-refractivity contribution in [2.75, 3.05) is 0 Å². The number of halogens is 2. The lowest BCUT2D eigenvalue weighted by Crippen LogP contribution is -2.24. The SMILES string of the molecule is Cc1ccc(-c2sc(=S)n3c4ccccc4c(=O)n(Cc4ccc(F)cc4Cl)c23)cc1. The summed E-state index contributed by atoms with van der Waals surface area (Å²) in [6.07, 6.45) is 0. The van der Waals surface area contributed by atoms with Gasteiger partial charge in [-0.05, 0) is 54.5 Å². The number of thiazole rings is 1. The molecule has 31 heavy (non-hydrogen) atoms. The van der Waals surface area contributed by atoms with Crippen LogP contribution in [-0.4, -0.2) is 8.97 Å². The van der Waals surface area contributed by atoms with Crippen LogP contribution < -0.4 is 5.56 Å². The molecule has 154 valence electrons. The first-order chi connectivity index (χ1) is 14.9. The Morgan fingerprint density at radius 2 is 1.81 bits per heavy atom. The highest BCUT2D eigenvalue weighted by atomic mass is 35.5. The van der Waals surface area contributed by atoms with Gasteiger partial charge in [0.05, 0.1) is 22.3 Å². The summed E-state index contributed by atoms with van der Waals surface area (Å²) in [5.41, 5.74) is 4.13. The molecule has 0 saturated carbocycles. The number of hydrogen-bond donors (Lipinski definition) is 0. The van der Waals surface area contributed by atoms with Crippen molar-refractivity contribution in [3.63, 3.8) is 0 Å². The van der Waals surface area contributed by atoms with Gasteiger partial charge in [-0.25, -0.2) is 4.39 Å². The van der Waals surface area contributed by atoms with Crippen LogP contribution in [0.4, 0.5) is 4.39 Å². The topological polar surface area (TPSA) is 26.4 Å². The molecule has 0 bridgehead atoms. The van der Waals surface area contributed by atoms with Crippen LogP contribution in [0.5, 0.6) is 0 Å². The molecule has 5 aromatic rings. The summed E-state index contributed by atoms with van der Waals surface area (Å²) < 4.78 is 17.9. The molecule has 0 saturated heterocycles. The van der Waals surface area contributed by atoms with E-state index in [0.29, 0.717) is 20.6 Å². The summed E-state index contributed by atoms with van der Waals surface area (Å²) in [5, 5.41) is 0.849. The predicted molar refractivity (Wildman–Crippen MR) is 129 cm³/mol. The largest absolute Gasteiger partial charge is 0.288 e. The zero-order chi connectivity index (χ0) is 21.7. The van der Waals surface area contributed by atoms with Gasteiger partial charge in [0.15, 0.2) is 3.95 Å². The fourth-order valence-corrected chi connectivity index (χ4v) is 5.43. The standard InChI is InChI=1S/C24H16ClFN2OS2/c1-14-6-8-15(9-7-14)21-22-27(13-16-10-11-17(26)12-19(16)25)23(29)18-4-2-3-5-20(18)28(22)24(30)31-21/h2-12H,13H2,1H3. The highest BCUT2D eigenvalue weighted by molar-refractivity contribution is 7.73. The molecular weight excluding hydrogens is 451 g/mol. The van der Waals surface area contributed by atoms with Gasteiger partial charge in [0.2, 0.25) is 0 Å². The second-order valence-corrected chi connectivity index (χ2v) is 9.42. The lowest BCUT2D eigenvalue weighted by atomic mass is 10.1. The molecule has 0 aliphatic carbocycles. The van der Waals surface area contributed by atoms with Crippen LogP contribution in [0, 0.1) is 16.7 Å². The third-order valence-corrected chi connectivity index (χ3v) is 7.08. The highest BCUT2D eigenvalue weighted by Crippen LogP contribution is 2.34. The number of para-hydroxylation sites is 1. The van der Waals surface area contributed by atoms with Gasteiger partial charge in [0, 0.05) is 5.02 Å². The van der Waals surface area contributed by atoms with Crippen LogP contribution >= 0.6 is 35.2 Å². The minimum absolute atomic E-state index is 0.142. The maximum Gasteiger partial charge on any atom is 0.261 e. The Hall–Kier alpha value is -2.80. The van der Waals surface area contributed by atoms with Crippen molar-refractivity contribution in [1.82, 2.24) is 8.97 Å². The minimum Gasteiger partial charge on any atom is -0.288 e. The van der Waals surface area contributed by atoms with Gasteiger partial charge < -0.3 is 0 Å². The quantitative estimate of drug-likeness (QED) is 0.271. The van der Waals surface area contributed by atoms with E-state index in [-0.39, 0.29) is 17.1 Å². The first kappa shape index (κ1) is 20.1. The van der Waals surface area contributed by atoms with E-state index in [2.05, 4.69) is 0 Å². The van der Waals surface area contributed by atoms with E-state index in [1.54, 1.807) is 16.7 Å². The summed E-state index contributed by atoms with van der Waals surface area (Å²) in [6, 6.07) is 19.8. The van der Waals surface area contributed by atoms with E-state index in [1.807, 2.05) is 53.8 Å². The third kappa shape index (κ3) is 3.41. The molecule has 3 nitrogen and oxygen atoms in total. The van der Waals surface area contributed by atoms with Gasteiger partial charge in [0.1, 0.15) is 11.5 Å². The van der Waals surface area contributed by atoms with E-state index in [0.717, 1.165) is 21.5 Å². The molecule has 0 atom stereocenters. The minimum atomic E-state index is -0.414. The molecule has 0 unspecified atom stereocenters. The van der Waals surface area contributed by atoms with Gasteiger partial charge >= 0.3 is 0 Å². The van der Waals surface area contributed by atoms with Gasteiger partial charge in [-0.3, -0.25) is 13.8 Å². The number of hydrogen-bond acceptors (Lipinski definition) is 3. The average molecular weight is 467 g/mol. The molecule has 5 rings (SSSR count). The van der Waals surface area contributed by atoms with Crippen molar-refractivity contribution < 1.29 is 4.39 Å². The van der Waals surface area contributed by atoms with Crippen LogP contribution in [-0.2, 0) is 6.54 Å². The van der Waals surface area contributed by atoms with Gasteiger partial charge in [-0.2, -0.15) is 0 Å². The number of benzene rings is 3. The van der Waals surface area contributed by atoms with Gasteiger partial charge in [-0.15, -0.1) is 11.3 Å². The summed E-state index contributed by atoms with van der Waals surface area (Å²) >= 11 is 13.5. The molecular formula is C24H16ClFN2OS2. The van der Waals surface area contributed by atoms with Crippen molar-refractivity contribution in [2.24, 2.45) is 0 Å². The normalized spacial score (nSPS) is 11.5. The number of aryl methyl sites for hydroxylation is 1. The molecule has 2 aromatic heterocycles. The molecule has 0 radical (unpaired) electrons. The molecule has 0 aliphatic rings. The Bertz CT molecular complexity index is 1580. The zero-order valence-electron chi connectivity index (χ0n) is 16.4. The Balaban J connectivity index is 1.89. The molecule has 3 aromatic carbocycles. The second-order valence-electron chi connectivity index (χ2n) is 7.37. The van der Waals surface area contributed by atoms with Crippen molar-refractivity contribution in [2.45, 2.75) is 13.5 Å². The van der Waals surface area contributed by atoms with Crippen LogP contribution in [0.15, 0.2) is 71.5 Å². The third-order valence-electron chi connectivity index (χ3n) is 5.32. The summed E-state index contributed by atoms with van der Waals surface area (Å²) in [6.45, 7) is 2.24. The maximum atomic E-state index is 13.6. The molecule has 2 heterocycles. The second kappa shape index (κ2) is 7.71. The van der Waals surface area contributed by atoms with Crippen molar-refractivity contribution in [1.29, 1.82) is 0 Å². The van der Waals surface area contributed by atoms with E-state index in [1.165, 1.54) is 23.5 Å². The Morgan fingerprint density at radius 1 is 1.06 bits per heavy atom. The fraction of sp³-hybridized carbons (Fsp3) is 0.0833. The molecule has 7 heteroatoms. The molecule has 0 amide bonds. The van der Waals surface area contributed by atoms with E-state index < -0.39 is 5.82 Å². The molecule has 0 fully saturated rings. The summed E-state index contributed by atoms with van der Waals surface area (Å²) in [4.78, 5) is 14.5. The van der Waals surface area contributed by atoms with E-state index in [4.69, 9.17) is 23.8 Å². The predicted octanol–water partition coefficient (Wildman–Crippen LogP) is 6.86. The number of rotatable bonds is 3. The monoisotopic (exact) mass is 466 g/mol. The molecule has 0 aliphatic heterocycles. The molecule has 0 spiro atoms. The fourth-order valence-electron chi connectivity index (χ4n) is 3.77. The Labute approximate surface area is 191 Å². The first-order valence-electron chi connectivity index (χ1n) is 9.62.